The Bertz CT molecular complexity index is 288. The second-order valence-electron chi connectivity index (χ2n) is 3.64. The minimum atomic E-state index is -0.401. The Balaban J connectivity index is 2.38. The van der Waals surface area contributed by atoms with Crippen molar-refractivity contribution in [1.82, 2.24) is 10.3 Å². The molecule has 0 fully saturated rings. The third-order valence-corrected chi connectivity index (χ3v) is 2.27. The van der Waals surface area contributed by atoms with Gasteiger partial charge in [0.1, 0.15) is 12.4 Å². The monoisotopic (exact) mass is 224 g/mol. The van der Waals surface area contributed by atoms with Crippen LogP contribution < -0.4 is 10.1 Å². The Morgan fingerprint density at radius 2 is 2.25 bits per heavy atom. The van der Waals surface area contributed by atoms with Gasteiger partial charge >= 0.3 is 0 Å². The Kier molecular flexibility index (Phi) is 5.82. The fourth-order valence-electron chi connectivity index (χ4n) is 1.16. The third kappa shape index (κ3) is 4.59. The summed E-state index contributed by atoms with van der Waals surface area (Å²) in [5.74, 6) is 0.702. The Hall–Kier alpha value is -1.13. The summed E-state index contributed by atoms with van der Waals surface area (Å²) in [5, 5.41) is 12.5. The maximum Gasteiger partial charge on any atom is 0.137 e. The zero-order valence-electron chi connectivity index (χ0n) is 9.94. The number of aromatic nitrogens is 1. The maximum atomic E-state index is 9.33. The van der Waals surface area contributed by atoms with Gasteiger partial charge in [-0.2, -0.15) is 0 Å². The predicted molar refractivity (Wildman–Crippen MR) is 63.4 cm³/mol. The van der Waals surface area contributed by atoms with Gasteiger partial charge in [-0.1, -0.05) is 13.8 Å². The third-order valence-electron chi connectivity index (χ3n) is 2.27. The molecule has 4 heteroatoms. The zero-order chi connectivity index (χ0) is 11.8. The molecule has 1 aromatic rings. The molecule has 1 heterocycles. The number of nitrogens with zero attached hydrogens (tertiary/aromatic N) is 1. The van der Waals surface area contributed by atoms with Crippen LogP contribution in [-0.2, 0) is 6.54 Å². The summed E-state index contributed by atoms with van der Waals surface area (Å²) in [7, 11) is 0. The van der Waals surface area contributed by atoms with Crippen LogP contribution in [0.15, 0.2) is 18.3 Å². The van der Waals surface area contributed by atoms with Gasteiger partial charge in [-0.3, -0.25) is 4.98 Å². The highest BCUT2D eigenvalue weighted by Crippen LogP contribution is 2.09. The second-order valence-corrected chi connectivity index (χ2v) is 3.64. The van der Waals surface area contributed by atoms with Crippen molar-refractivity contribution in [3.63, 3.8) is 0 Å². The lowest BCUT2D eigenvalue weighted by molar-refractivity contribution is 0.104. The molecule has 1 aromatic heterocycles. The number of hydrogen-bond donors (Lipinski definition) is 2. The highest BCUT2D eigenvalue weighted by molar-refractivity contribution is 5.19. The van der Waals surface area contributed by atoms with Crippen molar-refractivity contribution in [2.24, 2.45) is 0 Å². The van der Waals surface area contributed by atoms with Crippen molar-refractivity contribution >= 4 is 0 Å². The molecule has 90 valence electrons. The van der Waals surface area contributed by atoms with E-state index in [0.29, 0.717) is 18.8 Å². The van der Waals surface area contributed by atoms with E-state index in [1.165, 1.54) is 0 Å². The van der Waals surface area contributed by atoms with Crippen molar-refractivity contribution < 1.29 is 9.84 Å². The predicted octanol–water partition coefficient (Wildman–Crippen LogP) is 1.34. The van der Waals surface area contributed by atoms with Gasteiger partial charge in [-0.05, 0) is 25.1 Å². The summed E-state index contributed by atoms with van der Waals surface area (Å²) in [4.78, 5) is 4.25. The van der Waals surface area contributed by atoms with Gasteiger partial charge < -0.3 is 15.2 Å². The normalized spacial score (nSPS) is 12.4. The van der Waals surface area contributed by atoms with Crippen LogP contribution in [0, 0.1) is 0 Å². The van der Waals surface area contributed by atoms with Gasteiger partial charge in [0.25, 0.3) is 0 Å². The highest BCUT2D eigenvalue weighted by Gasteiger charge is 2.02. The van der Waals surface area contributed by atoms with E-state index in [4.69, 9.17) is 4.74 Å². The molecule has 0 aliphatic carbocycles. The molecule has 0 aromatic carbocycles. The van der Waals surface area contributed by atoms with Crippen molar-refractivity contribution in [2.75, 3.05) is 13.2 Å². The molecule has 16 heavy (non-hydrogen) atoms. The first kappa shape index (κ1) is 12.9. The molecule has 0 saturated heterocycles. The quantitative estimate of drug-likeness (QED) is 0.734. The number of rotatable bonds is 7. The van der Waals surface area contributed by atoms with Crippen LogP contribution in [-0.4, -0.2) is 29.3 Å². The molecule has 0 radical (unpaired) electrons. The van der Waals surface area contributed by atoms with Gasteiger partial charge in [0.05, 0.1) is 18.0 Å². The van der Waals surface area contributed by atoms with Gasteiger partial charge in [-0.15, -0.1) is 0 Å². The number of aliphatic hydroxyl groups is 1. The summed E-state index contributed by atoms with van der Waals surface area (Å²) in [6, 6.07) is 3.80. The summed E-state index contributed by atoms with van der Waals surface area (Å²) in [5.41, 5.74) is 0.991. The molecule has 0 bridgehead atoms. The summed E-state index contributed by atoms with van der Waals surface area (Å²) in [6.07, 6.45) is 1.99. The van der Waals surface area contributed by atoms with E-state index in [2.05, 4.69) is 17.2 Å². The highest BCUT2D eigenvalue weighted by atomic mass is 16.5. The van der Waals surface area contributed by atoms with Crippen LogP contribution in [0.5, 0.6) is 5.75 Å². The topological polar surface area (TPSA) is 54.4 Å². The standard InChI is InChI=1S/C12H20N2O2/c1-3-11(15)9-16-12-6-5-10(14-8-12)7-13-4-2/h5-6,8,11,13,15H,3-4,7,9H2,1-2H3. The van der Waals surface area contributed by atoms with E-state index in [-0.39, 0.29) is 0 Å². The van der Waals surface area contributed by atoms with E-state index >= 15 is 0 Å². The van der Waals surface area contributed by atoms with Crippen LogP contribution in [0.3, 0.4) is 0 Å². The first-order valence-electron chi connectivity index (χ1n) is 5.72. The zero-order valence-corrected chi connectivity index (χ0v) is 9.94. The molecule has 4 nitrogen and oxygen atoms in total. The minimum absolute atomic E-state index is 0.324. The van der Waals surface area contributed by atoms with Crippen LogP contribution in [0.25, 0.3) is 0 Å². The van der Waals surface area contributed by atoms with E-state index in [1.54, 1.807) is 6.20 Å². The van der Waals surface area contributed by atoms with Crippen molar-refractivity contribution in [3.05, 3.63) is 24.0 Å². The molecule has 2 N–H and O–H groups in total. The molecule has 1 unspecified atom stereocenters. The number of nitrogens with one attached hydrogen (secondary N) is 1. The fourth-order valence-corrected chi connectivity index (χ4v) is 1.16. The molecule has 0 spiro atoms. The molecule has 0 aliphatic heterocycles. The summed E-state index contributed by atoms with van der Waals surface area (Å²) in [6.45, 7) is 6.01. The smallest absolute Gasteiger partial charge is 0.137 e. The first-order chi connectivity index (χ1) is 7.76. The lowest BCUT2D eigenvalue weighted by Gasteiger charge is -2.10. The Morgan fingerprint density at radius 1 is 1.44 bits per heavy atom. The van der Waals surface area contributed by atoms with Gasteiger partial charge in [-0.25, -0.2) is 0 Å². The minimum Gasteiger partial charge on any atom is -0.489 e. The maximum absolute atomic E-state index is 9.33. The van der Waals surface area contributed by atoms with Gasteiger partial charge in [0, 0.05) is 6.54 Å². The van der Waals surface area contributed by atoms with E-state index in [1.807, 2.05) is 19.1 Å². The average Bonchev–Trinajstić information content (AvgIpc) is 2.34. The number of pyridine rings is 1. The van der Waals surface area contributed by atoms with E-state index in [9.17, 15) is 5.11 Å². The molecule has 1 atom stereocenters. The van der Waals surface area contributed by atoms with E-state index in [0.717, 1.165) is 18.8 Å². The number of aliphatic hydroxyl groups excluding tert-OH is 1. The molecule has 1 rings (SSSR count). The lowest BCUT2D eigenvalue weighted by Crippen LogP contribution is -2.16. The largest absolute Gasteiger partial charge is 0.489 e. The van der Waals surface area contributed by atoms with Crippen LogP contribution in [0.4, 0.5) is 0 Å². The van der Waals surface area contributed by atoms with Gasteiger partial charge in [0.2, 0.25) is 0 Å². The van der Waals surface area contributed by atoms with Crippen molar-refractivity contribution in [3.8, 4) is 5.75 Å². The number of ether oxygens (including phenoxy) is 1. The number of hydrogen-bond acceptors (Lipinski definition) is 4. The van der Waals surface area contributed by atoms with Crippen LogP contribution >= 0.6 is 0 Å². The molecule has 0 saturated carbocycles. The van der Waals surface area contributed by atoms with Crippen molar-refractivity contribution in [1.29, 1.82) is 0 Å². The SMILES string of the molecule is CCNCc1ccc(OCC(O)CC)cn1. The van der Waals surface area contributed by atoms with Crippen LogP contribution in [0.1, 0.15) is 26.0 Å². The Morgan fingerprint density at radius 3 is 2.81 bits per heavy atom. The average molecular weight is 224 g/mol. The van der Waals surface area contributed by atoms with Crippen LogP contribution in [0.2, 0.25) is 0 Å². The fraction of sp³-hybridized carbons (Fsp3) is 0.583. The summed E-state index contributed by atoms with van der Waals surface area (Å²) < 4.78 is 5.39. The molecule has 0 amide bonds. The summed E-state index contributed by atoms with van der Waals surface area (Å²) >= 11 is 0. The molecular formula is C12H20N2O2. The second kappa shape index (κ2) is 7.19. The molecule has 0 aliphatic rings. The first-order valence-corrected chi connectivity index (χ1v) is 5.72. The van der Waals surface area contributed by atoms with E-state index < -0.39 is 6.10 Å². The van der Waals surface area contributed by atoms with Gasteiger partial charge in [0.15, 0.2) is 0 Å². The molecular weight excluding hydrogens is 204 g/mol. The Labute approximate surface area is 96.7 Å². The lowest BCUT2D eigenvalue weighted by atomic mass is 10.3. The van der Waals surface area contributed by atoms with Crippen molar-refractivity contribution in [2.45, 2.75) is 32.9 Å².